The number of nitrogens with one attached hydrogen (secondary N) is 1. The quantitative estimate of drug-likeness (QED) is 0.930. The predicted molar refractivity (Wildman–Crippen MR) is 93.3 cm³/mol. The molecule has 3 rings (SSSR count). The van der Waals surface area contributed by atoms with Crippen molar-refractivity contribution >= 4 is 11.8 Å². The van der Waals surface area contributed by atoms with E-state index in [1.54, 1.807) is 17.0 Å². The molecule has 0 bridgehead atoms. The van der Waals surface area contributed by atoms with Gasteiger partial charge in [-0.15, -0.1) is 0 Å². The highest BCUT2D eigenvalue weighted by atomic mass is 19.1. The number of benzene rings is 2. The summed E-state index contributed by atoms with van der Waals surface area (Å²) >= 11 is 0. The topological polar surface area (TPSA) is 49.4 Å². The van der Waals surface area contributed by atoms with E-state index in [1.165, 1.54) is 12.1 Å². The van der Waals surface area contributed by atoms with Crippen LogP contribution in [0.4, 0.5) is 4.39 Å². The molecule has 0 radical (unpaired) electrons. The maximum absolute atomic E-state index is 12.9. The minimum Gasteiger partial charge on any atom is -0.352 e. The molecular formula is C20H21FN2O2. The number of nitrogens with zero attached hydrogens (tertiary/aromatic N) is 1. The van der Waals surface area contributed by atoms with Crippen LogP contribution in [0, 0.1) is 11.7 Å². The van der Waals surface area contributed by atoms with E-state index >= 15 is 0 Å². The van der Waals surface area contributed by atoms with Gasteiger partial charge in [0.25, 0.3) is 5.91 Å². The molecule has 0 aromatic heterocycles. The lowest BCUT2D eigenvalue weighted by Gasteiger charge is -2.31. The number of rotatable bonds is 4. The van der Waals surface area contributed by atoms with Gasteiger partial charge in [-0.25, -0.2) is 4.39 Å². The summed E-state index contributed by atoms with van der Waals surface area (Å²) in [5.74, 6) is -0.354. The molecule has 0 saturated carbocycles. The first-order valence-corrected chi connectivity index (χ1v) is 8.50. The zero-order chi connectivity index (χ0) is 17.6. The van der Waals surface area contributed by atoms with Crippen molar-refractivity contribution in [1.82, 2.24) is 10.2 Å². The maximum atomic E-state index is 12.9. The van der Waals surface area contributed by atoms with Crippen molar-refractivity contribution in [2.24, 2.45) is 5.92 Å². The van der Waals surface area contributed by atoms with Crippen molar-refractivity contribution in [3.05, 3.63) is 71.5 Å². The first-order valence-electron chi connectivity index (χ1n) is 8.50. The molecule has 1 heterocycles. The van der Waals surface area contributed by atoms with Gasteiger partial charge >= 0.3 is 0 Å². The highest BCUT2D eigenvalue weighted by molar-refractivity contribution is 5.94. The molecule has 1 aliphatic rings. The molecule has 1 saturated heterocycles. The van der Waals surface area contributed by atoms with Crippen molar-refractivity contribution in [3.8, 4) is 0 Å². The maximum Gasteiger partial charge on any atom is 0.253 e. The zero-order valence-corrected chi connectivity index (χ0v) is 14.0. The lowest BCUT2D eigenvalue weighted by molar-refractivity contribution is -0.126. The predicted octanol–water partition coefficient (Wildman–Crippen LogP) is 2.99. The highest BCUT2D eigenvalue weighted by Crippen LogP contribution is 2.19. The monoisotopic (exact) mass is 340 g/mol. The average molecular weight is 340 g/mol. The van der Waals surface area contributed by atoms with E-state index in [1.807, 2.05) is 30.3 Å². The summed E-state index contributed by atoms with van der Waals surface area (Å²) in [6, 6.07) is 15.3. The van der Waals surface area contributed by atoms with E-state index in [-0.39, 0.29) is 23.5 Å². The van der Waals surface area contributed by atoms with Crippen LogP contribution >= 0.6 is 0 Å². The van der Waals surface area contributed by atoms with Crippen molar-refractivity contribution in [2.45, 2.75) is 19.4 Å². The van der Waals surface area contributed by atoms with Gasteiger partial charge in [0.15, 0.2) is 0 Å². The van der Waals surface area contributed by atoms with Crippen LogP contribution in [0.15, 0.2) is 54.6 Å². The van der Waals surface area contributed by atoms with Crippen LogP contribution in [0.3, 0.4) is 0 Å². The number of carbonyl (C=O) groups excluding carboxylic acids is 2. The fourth-order valence-electron chi connectivity index (χ4n) is 3.04. The van der Waals surface area contributed by atoms with Crippen LogP contribution in [-0.2, 0) is 11.3 Å². The molecule has 25 heavy (non-hydrogen) atoms. The summed E-state index contributed by atoms with van der Waals surface area (Å²) in [7, 11) is 0. The second-order valence-electron chi connectivity index (χ2n) is 6.28. The fourth-order valence-corrected chi connectivity index (χ4v) is 3.04. The smallest absolute Gasteiger partial charge is 0.253 e. The molecule has 0 aliphatic carbocycles. The first kappa shape index (κ1) is 17.1. The SMILES string of the molecule is O=C(NCc1ccc(F)cc1)C1CCN(C(=O)c2ccccc2)CC1. The molecule has 0 atom stereocenters. The van der Waals surface area contributed by atoms with Crippen LogP contribution < -0.4 is 5.32 Å². The minimum atomic E-state index is -0.287. The van der Waals surface area contributed by atoms with E-state index in [0.717, 1.165) is 5.56 Å². The van der Waals surface area contributed by atoms with E-state index < -0.39 is 0 Å². The van der Waals surface area contributed by atoms with Crippen LogP contribution in [0.1, 0.15) is 28.8 Å². The minimum absolute atomic E-state index is 0.00358. The lowest BCUT2D eigenvalue weighted by Crippen LogP contribution is -2.42. The Hall–Kier alpha value is -2.69. The van der Waals surface area contributed by atoms with Gasteiger partial charge in [0, 0.05) is 31.1 Å². The molecule has 2 aromatic rings. The molecule has 0 spiro atoms. The zero-order valence-electron chi connectivity index (χ0n) is 14.0. The largest absolute Gasteiger partial charge is 0.352 e. The summed E-state index contributed by atoms with van der Waals surface area (Å²) in [5, 5.41) is 2.90. The van der Waals surface area contributed by atoms with Gasteiger partial charge in [0.05, 0.1) is 0 Å². The summed E-state index contributed by atoms with van der Waals surface area (Å²) in [5.41, 5.74) is 1.55. The number of halogens is 1. The Morgan fingerprint density at radius 2 is 1.64 bits per heavy atom. The normalized spacial score (nSPS) is 15.0. The van der Waals surface area contributed by atoms with E-state index in [4.69, 9.17) is 0 Å². The van der Waals surface area contributed by atoms with E-state index in [2.05, 4.69) is 5.32 Å². The van der Waals surface area contributed by atoms with Gasteiger partial charge in [-0.3, -0.25) is 9.59 Å². The number of hydrogen-bond acceptors (Lipinski definition) is 2. The molecule has 1 aliphatic heterocycles. The Bertz CT molecular complexity index is 723. The molecule has 130 valence electrons. The van der Waals surface area contributed by atoms with Gasteiger partial charge in [-0.05, 0) is 42.7 Å². The standard InChI is InChI=1S/C20H21FN2O2/c21-18-8-6-15(7-9-18)14-22-19(24)16-10-12-23(13-11-16)20(25)17-4-2-1-3-5-17/h1-9,16H,10-14H2,(H,22,24). The number of amides is 2. The van der Waals surface area contributed by atoms with E-state index in [9.17, 15) is 14.0 Å². The lowest BCUT2D eigenvalue weighted by atomic mass is 9.95. The van der Waals surface area contributed by atoms with Crippen LogP contribution in [0.5, 0.6) is 0 Å². The molecule has 1 N–H and O–H groups in total. The molecule has 4 nitrogen and oxygen atoms in total. The van der Waals surface area contributed by atoms with Gasteiger partial charge in [-0.1, -0.05) is 30.3 Å². The fraction of sp³-hybridized carbons (Fsp3) is 0.300. The average Bonchev–Trinajstić information content (AvgIpc) is 2.67. The van der Waals surface area contributed by atoms with Crippen molar-refractivity contribution in [1.29, 1.82) is 0 Å². The summed E-state index contributed by atoms with van der Waals surface area (Å²) in [4.78, 5) is 26.5. The van der Waals surface area contributed by atoms with Crippen molar-refractivity contribution in [2.75, 3.05) is 13.1 Å². The molecule has 2 aromatic carbocycles. The van der Waals surface area contributed by atoms with Crippen LogP contribution in [0.25, 0.3) is 0 Å². The summed E-state index contributed by atoms with van der Waals surface area (Å²) in [6.07, 6.45) is 1.32. The molecule has 1 fully saturated rings. The van der Waals surface area contributed by atoms with Crippen LogP contribution in [-0.4, -0.2) is 29.8 Å². The van der Waals surface area contributed by atoms with Crippen molar-refractivity contribution < 1.29 is 14.0 Å². The molecule has 5 heteroatoms. The molecule has 2 amide bonds. The van der Waals surface area contributed by atoms with Crippen molar-refractivity contribution in [3.63, 3.8) is 0 Å². The third-order valence-corrected chi connectivity index (χ3v) is 4.55. The molecular weight excluding hydrogens is 319 g/mol. The second-order valence-corrected chi connectivity index (χ2v) is 6.28. The molecule has 0 unspecified atom stereocenters. The number of piperidine rings is 1. The Labute approximate surface area is 146 Å². The Morgan fingerprint density at radius 1 is 1.00 bits per heavy atom. The van der Waals surface area contributed by atoms with Crippen LogP contribution in [0.2, 0.25) is 0 Å². The summed E-state index contributed by atoms with van der Waals surface area (Å²) in [6.45, 7) is 1.56. The number of carbonyl (C=O) groups is 2. The number of likely N-dealkylation sites (tertiary alicyclic amines) is 1. The van der Waals surface area contributed by atoms with Gasteiger partial charge in [0.1, 0.15) is 5.82 Å². The third-order valence-electron chi connectivity index (χ3n) is 4.55. The highest BCUT2D eigenvalue weighted by Gasteiger charge is 2.27. The van der Waals surface area contributed by atoms with Gasteiger partial charge < -0.3 is 10.2 Å². The summed E-state index contributed by atoms with van der Waals surface area (Å²) < 4.78 is 12.9. The number of hydrogen-bond donors (Lipinski definition) is 1. The Kier molecular flexibility index (Phi) is 5.43. The van der Waals surface area contributed by atoms with Gasteiger partial charge in [-0.2, -0.15) is 0 Å². The van der Waals surface area contributed by atoms with E-state index in [0.29, 0.717) is 38.0 Å². The first-order chi connectivity index (χ1) is 12.1. The third kappa shape index (κ3) is 4.44. The Morgan fingerprint density at radius 3 is 2.28 bits per heavy atom. The van der Waals surface area contributed by atoms with Gasteiger partial charge in [0.2, 0.25) is 5.91 Å². The second kappa shape index (κ2) is 7.92. The Balaban J connectivity index is 1.47.